The van der Waals surface area contributed by atoms with Gasteiger partial charge in [0.15, 0.2) is 23.2 Å². The average molecular weight is 555 g/mol. The normalized spacial score (nSPS) is 17.4. The van der Waals surface area contributed by atoms with Gasteiger partial charge in [-0.05, 0) is 73.3 Å². The number of hydrogen-bond acceptors (Lipinski definition) is 2. The third-order valence-corrected chi connectivity index (χ3v) is 7.59. The highest BCUT2D eigenvalue weighted by Crippen LogP contribution is 2.37. The summed E-state index contributed by atoms with van der Waals surface area (Å²) >= 11 is 0. The molecule has 4 rings (SSSR count). The van der Waals surface area contributed by atoms with Gasteiger partial charge in [0, 0.05) is 17.7 Å². The first-order valence-corrected chi connectivity index (χ1v) is 14.4. The van der Waals surface area contributed by atoms with Crippen LogP contribution in [0.2, 0.25) is 0 Å². The molecule has 6 heteroatoms. The van der Waals surface area contributed by atoms with E-state index < -0.39 is 23.3 Å². The Balaban J connectivity index is 1.40. The molecule has 0 aromatic heterocycles. The Hall–Kier alpha value is -3.12. The van der Waals surface area contributed by atoms with E-state index in [9.17, 15) is 13.2 Å². The summed E-state index contributed by atoms with van der Waals surface area (Å²) in [6.07, 6.45) is 10.5. The molecule has 0 atom stereocenters. The van der Waals surface area contributed by atoms with Crippen LogP contribution in [0.5, 0.6) is 5.75 Å². The predicted molar refractivity (Wildman–Crippen MR) is 153 cm³/mol. The van der Waals surface area contributed by atoms with Crippen molar-refractivity contribution in [3.05, 3.63) is 88.5 Å². The molecule has 0 heterocycles. The third-order valence-electron chi connectivity index (χ3n) is 7.59. The van der Waals surface area contributed by atoms with E-state index in [0.717, 1.165) is 63.5 Å². The van der Waals surface area contributed by atoms with Crippen LogP contribution in [0.1, 0.15) is 87.8 Å². The molecule has 0 bridgehead atoms. The van der Waals surface area contributed by atoms with Crippen LogP contribution in [0, 0.1) is 23.3 Å². The zero-order valence-electron chi connectivity index (χ0n) is 23.3. The van der Waals surface area contributed by atoms with Crippen LogP contribution in [0.25, 0.3) is 23.3 Å². The van der Waals surface area contributed by atoms with Crippen LogP contribution in [0.15, 0.2) is 48.5 Å². The van der Waals surface area contributed by atoms with Gasteiger partial charge in [-0.2, -0.15) is 4.39 Å². The molecule has 1 aliphatic rings. The number of hydrogen-bond donors (Lipinski definition) is 0. The number of rotatable bonds is 12. The average Bonchev–Trinajstić information content (AvgIpc) is 2.97. The zero-order chi connectivity index (χ0) is 28.5. The maximum Gasteiger partial charge on any atom is 0.201 e. The molecular weight excluding hydrogens is 516 g/mol. The minimum absolute atomic E-state index is 0.00620. The molecule has 1 aliphatic carbocycles. The summed E-state index contributed by atoms with van der Waals surface area (Å²) in [5.41, 5.74) is 1.94. The highest BCUT2D eigenvalue weighted by atomic mass is 19.2. The second kappa shape index (κ2) is 14.5. The number of unbranched alkanes of at least 4 members (excludes halogenated alkanes) is 2. The van der Waals surface area contributed by atoms with Crippen molar-refractivity contribution in [1.29, 1.82) is 0 Å². The lowest BCUT2D eigenvalue weighted by Crippen LogP contribution is -2.22. The molecule has 3 aromatic rings. The standard InChI is InChI=1S/C34H38F4O2/c1-3-5-21-39-27-16-13-25(14-17-27)28-18-15-26(31(35)32(28)36)12-9-23-7-10-24(11-8-23)29-19-20-30(34(38)33(29)37)40-22-6-4-2/h7-12,15,18-20,25,27H,3-6,13-14,16-17,21-22H2,1-2H3/b12-9+. The van der Waals surface area contributed by atoms with Crippen molar-refractivity contribution in [1.82, 2.24) is 0 Å². The highest BCUT2D eigenvalue weighted by molar-refractivity contribution is 5.73. The maximum absolute atomic E-state index is 15.0. The fourth-order valence-corrected chi connectivity index (χ4v) is 5.11. The Morgan fingerprint density at radius 3 is 2.10 bits per heavy atom. The van der Waals surface area contributed by atoms with E-state index in [1.54, 1.807) is 42.5 Å². The first-order chi connectivity index (χ1) is 19.4. The molecule has 0 amide bonds. The van der Waals surface area contributed by atoms with Crippen LogP contribution >= 0.6 is 0 Å². The van der Waals surface area contributed by atoms with Crippen LogP contribution in [-0.4, -0.2) is 19.3 Å². The van der Waals surface area contributed by atoms with Crippen LogP contribution < -0.4 is 4.74 Å². The summed E-state index contributed by atoms with van der Waals surface area (Å²) in [5.74, 6) is -3.72. The fourth-order valence-electron chi connectivity index (χ4n) is 5.11. The molecule has 0 unspecified atom stereocenters. The summed E-state index contributed by atoms with van der Waals surface area (Å²) in [6, 6.07) is 13.0. The topological polar surface area (TPSA) is 18.5 Å². The lowest BCUT2D eigenvalue weighted by Gasteiger charge is -2.29. The molecule has 2 nitrogen and oxygen atoms in total. The monoisotopic (exact) mass is 554 g/mol. The van der Waals surface area contributed by atoms with Gasteiger partial charge in [-0.25, -0.2) is 13.2 Å². The molecule has 1 fully saturated rings. The fraction of sp³-hybridized carbons (Fsp3) is 0.412. The van der Waals surface area contributed by atoms with Gasteiger partial charge in [-0.15, -0.1) is 0 Å². The number of halogens is 4. The minimum atomic E-state index is -1.01. The summed E-state index contributed by atoms with van der Waals surface area (Å²) in [7, 11) is 0. The largest absolute Gasteiger partial charge is 0.490 e. The lowest BCUT2D eigenvalue weighted by molar-refractivity contribution is 0.0230. The van der Waals surface area contributed by atoms with Gasteiger partial charge in [0.2, 0.25) is 5.82 Å². The first-order valence-electron chi connectivity index (χ1n) is 14.4. The van der Waals surface area contributed by atoms with Gasteiger partial charge in [0.05, 0.1) is 12.7 Å². The second-order valence-electron chi connectivity index (χ2n) is 10.5. The smallest absolute Gasteiger partial charge is 0.201 e. The highest BCUT2D eigenvalue weighted by Gasteiger charge is 2.26. The van der Waals surface area contributed by atoms with E-state index in [4.69, 9.17) is 9.47 Å². The third kappa shape index (κ3) is 7.34. The zero-order valence-corrected chi connectivity index (χ0v) is 23.3. The van der Waals surface area contributed by atoms with Gasteiger partial charge in [-0.3, -0.25) is 0 Å². The Labute approximate surface area is 235 Å². The van der Waals surface area contributed by atoms with Crippen LogP contribution in [0.4, 0.5) is 17.6 Å². The van der Waals surface area contributed by atoms with E-state index in [-0.39, 0.29) is 28.9 Å². The van der Waals surface area contributed by atoms with Crippen LogP contribution in [-0.2, 0) is 4.74 Å². The van der Waals surface area contributed by atoms with Crippen molar-refractivity contribution in [3.63, 3.8) is 0 Å². The second-order valence-corrected chi connectivity index (χ2v) is 10.5. The Kier molecular flexibility index (Phi) is 10.8. The van der Waals surface area contributed by atoms with Crippen molar-refractivity contribution in [2.45, 2.75) is 77.2 Å². The quantitative estimate of drug-likeness (QED) is 0.126. The molecule has 0 spiro atoms. The summed E-state index contributed by atoms with van der Waals surface area (Å²) in [6.45, 7) is 5.21. The molecule has 214 valence electrons. The Morgan fingerprint density at radius 1 is 0.700 bits per heavy atom. The molecule has 1 saturated carbocycles. The van der Waals surface area contributed by atoms with Crippen molar-refractivity contribution in [2.75, 3.05) is 13.2 Å². The van der Waals surface area contributed by atoms with E-state index in [1.165, 1.54) is 18.2 Å². The molecule has 3 aromatic carbocycles. The van der Waals surface area contributed by atoms with Crippen LogP contribution in [0.3, 0.4) is 0 Å². The van der Waals surface area contributed by atoms with Crippen molar-refractivity contribution in [2.24, 2.45) is 0 Å². The van der Waals surface area contributed by atoms with Crippen molar-refractivity contribution < 1.29 is 27.0 Å². The molecule has 0 saturated heterocycles. The molecular formula is C34H38F4O2. The van der Waals surface area contributed by atoms with E-state index in [2.05, 4.69) is 6.92 Å². The summed E-state index contributed by atoms with van der Waals surface area (Å²) < 4.78 is 70.4. The summed E-state index contributed by atoms with van der Waals surface area (Å²) in [4.78, 5) is 0. The van der Waals surface area contributed by atoms with Crippen molar-refractivity contribution >= 4 is 12.2 Å². The van der Waals surface area contributed by atoms with Gasteiger partial charge < -0.3 is 9.47 Å². The Bertz CT molecular complexity index is 1280. The lowest BCUT2D eigenvalue weighted by atomic mass is 9.82. The number of ether oxygens (including phenoxy) is 2. The van der Waals surface area contributed by atoms with Gasteiger partial charge in [0.1, 0.15) is 0 Å². The predicted octanol–water partition coefficient (Wildman–Crippen LogP) is 10.1. The minimum Gasteiger partial charge on any atom is -0.490 e. The van der Waals surface area contributed by atoms with E-state index >= 15 is 4.39 Å². The van der Waals surface area contributed by atoms with Crippen molar-refractivity contribution in [3.8, 4) is 16.9 Å². The van der Waals surface area contributed by atoms with E-state index in [1.807, 2.05) is 6.92 Å². The number of benzene rings is 3. The Morgan fingerprint density at radius 2 is 1.40 bits per heavy atom. The maximum atomic E-state index is 15.0. The molecule has 40 heavy (non-hydrogen) atoms. The van der Waals surface area contributed by atoms with Gasteiger partial charge >= 0.3 is 0 Å². The van der Waals surface area contributed by atoms with E-state index in [0.29, 0.717) is 17.7 Å². The summed E-state index contributed by atoms with van der Waals surface area (Å²) in [5, 5.41) is 0. The SMILES string of the molecule is CCCCOc1ccc(-c2ccc(/C=C/c3ccc(C4CCC(OCCCC)CC4)c(F)c3F)cc2)c(F)c1F. The first kappa shape index (κ1) is 29.9. The van der Waals surface area contributed by atoms with Gasteiger partial charge in [0.25, 0.3) is 0 Å². The molecule has 0 aliphatic heterocycles. The molecule has 0 radical (unpaired) electrons. The van der Waals surface area contributed by atoms with Gasteiger partial charge in [-0.1, -0.05) is 75.2 Å². The molecule has 0 N–H and O–H groups in total.